The molecule has 5 heteroatoms. The highest BCUT2D eigenvalue weighted by Gasteiger charge is 2.16. The topological polar surface area (TPSA) is 67.4 Å². The van der Waals surface area contributed by atoms with E-state index in [0.29, 0.717) is 11.3 Å². The van der Waals surface area contributed by atoms with Crippen LogP contribution in [0, 0.1) is 6.92 Å². The van der Waals surface area contributed by atoms with Crippen LogP contribution < -0.4 is 10.6 Å². The van der Waals surface area contributed by atoms with Gasteiger partial charge < -0.3 is 15.4 Å². The molecule has 0 saturated heterocycles. The molecule has 0 spiro atoms. The van der Waals surface area contributed by atoms with E-state index < -0.39 is 5.97 Å². The van der Waals surface area contributed by atoms with E-state index >= 15 is 0 Å². The summed E-state index contributed by atoms with van der Waals surface area (Å²) in [5.74, 6) is -0.465. The molecule has 0 aliphatic rings. The minimum atomic E-state index is -0.465. The first-order valence-corrected chi connectivity index (χ1v) is 5.71. The molecule has 2 amide bonds. The van der Waals surface area contributed by atoms with E-state index in [1.165, 1.54) is 7.11 Å². The lowest BCUT2D eigenvalue weighted by molar-refractivity contribution is 0.0601. The fourth-order valence-corrected chi connectivity index (χ4v) is 1.57. The molecular weight excluding hydrogens is 232 g/mol. The van der Waals surface area contributed by atoms with Crippen LogP contribution in [0.3, 0.4) is 0 Å². The van der Waals surface area contributed by atoms with Crippen molar-refractivity contribution in [2.24, 2.45) is 0 Å². The highest BCUT2D eigenvalue weighted by atomic mass is 16.5. The average Bonchev–Trinajstić information content (AvgIpc) is 2.27. The van der Waals surface area contributed by atoms with Gasteiger partial charge in [0.15, 0.2) is 0 Å². The van der Waals surface area contributed by atoms with Gasteiger partial charge in [0.25, 0.3) is 0 Å². The van der Waals surface area contributed by atoms with Crippen molar-refractivity contribution in [2.75, 3.05) is 12.4 Å². The van der Waals surface area contributed by atoms with Gasteiger partial charge in [0.1, 0.15) is 0 Å². The lowest BCUT2D eigenvalue weighted by atomic mass is 10.1. The molecule has 0 saturated carbocycles. The average molecular weight is 250 g/mol. The van der Waals surface area contributed by atoms with Crippen LogP contribution in [0.15, 0.2) is 18.2 Å². The van der Waals surface area contributed by atoms with Crippen molar-refractivity contribution in [1.82, 2.24) is 5.32 Å². The number of carbonyl (C=O) groups is 2. The maximum absolute atomic E-state index is 11.7. The number of amides is 2. The van der Waals surface area contributed by atoms with Gasteiger partial charge in [-0.15, -0.1) is 0 Å². The molecule has 1 aromatic rings. The van der Waals surface area contributed by atoms with Gasteiger partial charge in [-0.2, -0.15) is 0 Å². The molecule has 0 aliphatic heterocycles. The Balaban J connectivity index is 2.98. The third-order valence-electron chi connectivity index (χ3n) is 2.33. The van der Waals surface area contributed by atoms with E-state index in [-0.39, 0.29) is 12.1 Å². The van der Waals surface area contributed by atoms with Gasteiger partial charge in [-0.05, 0) is 32.4 Å². The Morgan fingerprint density at radius 2 is 1.94 bits per heavy atom. The maximum atomic E-state index is 11.7. The van der Waals surface area contributed by atoms with Crippen molar-refractivity contribution in [2.45, 2.75) is 26.8 Å². The minimum absolute atomic E-state index is 0.0244. The molecule has 0 atom stereocenters. The summed E-state index contributed by atoms with van der Waals surface area (Å²) in [5, 5.41) is 5.34. The molecule has 1 rings (SSSR count). The van der Waals surface area contributed by atoms with E-state index in [9.17, 15) is 9.59 Å². The van der Waals surface area contributed by atoms with Gasteiger partial charge >= 0.3 is 12.0 Å². The Morgan fingerprint density at radius 1 is 1.28 bits per heavy atom. The second kappa shape index (κ2) is 6.05. The highest BCUT2D eigenvalue weighted by molar-refractivity contribution is 6.01. The van der Waals surface area contributed by atoms with Gasteiger partial charge in [0.05, 0.1) is 18.4 Å². The summed E-state index contributed by atoms with van der Waals surface area (Å²) < 4.78 is 4.71. The molecule has 18 heavy (non-hydrogen) atoms. The summed E-state index contributed by atoms with van der Waals surface area (Å²) in [7, 11) is 1.31. The molecular formula is C13H18N2O3. The lowest BCUT2D eigenvalue weighted by Gasteiger charge is -2.14. The molecule has 0 aliphatic carbocycles. The van der Waals surface area contributed by atoms with Crippen molar-refractivity contribution in [1.29, 1.82) is 0 Å². The number of hydrogen-bond donors (Lipinski definition) is 2. The summed E-state index contributed by atoms with van der Waals surface area (Å²) in [4.78, 5) is 23.3. The molecule has 0 bridgehead atoms. The Labute approximate surface area is 107 Å². The SMILES string of the molecule is COC(=O)c1c(C)cccc1NC(=O)NC(C)C. The zero-order chi connectivity index (χ0) is 13.7. The first-order chi connectivity index (χ1) is 8.45. The number of urea groups is 1. The number of ether oxygens (including phenoxy) is 1. The van der Waals surface area contributed by atoms with E-state index in [0.717, 1.165) is 5.56 Å². The number of aryl methyl sites for hydroxylation is 1. The first-order valence-electron chi connectivity index (χ1n) is 5.71. The van der Waals surface area contributed by atoms with E-state index in [4.69, 9.17) is 4.74 Å². The molecule has 2 N–H and O–H groups in total. The molecule has 1 aromatic carbocycles. The second-order valence-corrected chi connectivity index (χ2v) is 4.24. The van der Waals surface area contributed by atoms with Crippen LogP contribution in [0.4, 0.5) is 10.5 Å². The van der Waals surface area contributed by atoms with Gasteiger partial charge in [0, 0.05) is 6.04 Å². The quantitative estimate of drug-likeness (QED) is 0.809. The fraction of sp³-hybridized carbons (Fsp3) is 0.385. The fourth-order valence-electron chi connectivity index (χ4n) is 1.57. The van der Waals surface area contributed by atoms with Crippen LogP contribution in [-0.4, -0.2) is 25.2 Å². The third kappa shape index (κ3) is 3.48. The van der Waals surface area contributed by atoms with Gasteiger partial charge in [0.2, 0.25) is 0 Å². The molecule has 0 heterocycles. The third-order valence-corrected chi connectivity index (χ3v) is 2.33. The zero-order valence-corrected chi connectivity index (χ0v) is 11.0. The summed E-state index contributed by atoms with van der Waals surface area (Å²) in [5.41, 5.74) is 1.57. The Morgan fingerprint density at radius 3 is 2.50 bits per heavy atom. The van der Waals surface area contributed by atoms with E-state index in [1.54, 1.807) is 25.1 Å². The number of rotatable bonds is 3. The van der Waals surface area contributed by atoms with E-state index in [1.807, 2.05) is 13.8 Å². The number of nitrogens with one attached hydrogen (secondary N) is 2. The number of anilines is 1. The van der Waals surface area contributed by atoms with Gasteiger partial charge in [-0.25, -0.2) is 9.59 Å². The molecule has 0 unspecified atom stereocenters. The number of carbonyl (C=O) groups excluding carboxylic acids is 2. The minimum Gasteiger partial charge on any atom is -0.465 e. The lowest BCUT2D eigenvalue weighted by Crippen LogP contribution is -2.34. The monoisotopic (exact) mass is 250 g/mol. The standard InChI is InChI=1S/C13H18N2O3/c1-8(2)14-13(17)15-10-7-5-6-9(3)11(10)12(16)18-4/h5-8H,1-4H3,(H2,14,15,17). The zero-order valence-electron chi connectivity index (χ0n) is 11.0. The molecule has 0 radical (unpaired) electrons. The number of hydrogen-bond acceptors (Lipinski definition) is 3. The Kier molecular flexibility index (Phi) is 4.71. The normalized spacial score (nSPS) is 10.1. The number of esters is 1. The molecule has 0 aromatic heterocycles. The summed E-state index contributed by atoms with van der Waals surface area (Å²) in [6, 6.07) is 4.90. The van der Waals surface area contributed by atoms with Gasteiger partial charge in [-0.3, -0.25) is 0 Å². The predicted octanol–water partition coefficient (Wildman–Crippen LogP) is 2.31. The molecule has 0 fully saturated rings. The summed E-state index contributed by atoms with van der Waals surface area (Å²) in [6.45, 7) is 5.51. The highest BCUT2D eigenvalue weighted by Crippen LogP contribution is 2.20. The first kappa shape index (κ1) is 14.0. The Hall–Kier alpha value is -2.04. The van der Waals surface area contributed by atoms with Crippen LogP contribution in [0.1, 0.15) is 29.8 Å². The number of methoxy groups -OCH3 is 1. The van der Waals surface area contributed by atoms with Crippen LogP contribution in [-0.2, 0) is 4.74 Å². The van der Waals surface area contributed by atoms with Crippen LogP contribution >= 0.6 is 0 Å². The van der Waals surface area contributed by atoms with E-state index in [2.05, 4.69) is 10.6 Å². The Bertz CT molecular complexity index is 456. The van der Waals surface area contributed by atoms with Crippen LogP contribution in [0.25, 0.3) is 0 Å². The summed E-state index contributed by atoms with van der Waals surface area (Å²) >= 11 is 0. The van der Waals surface area contributed by atoms with Crippen LogP contribution in [0.5, 0.6) is 0 Å². The second-order valence-electron chi connectivity index (χ2n) is 4.24. The van der Waals surface area contributed by atoms with Gasteiger partial charge in [-0.1, -0.05) is 12.1 Å². The van der Waals surface area contributed by atoms with Crippen molar-refractivity contribution < 1.29 is 14.3 Å². The van der Waals surface area contributed by atoms with Crippen molar-refractivity contribution in [3.05, 3.63) is 29.3 Å². The van der Waals surface area contributed by atoms with Crippen LogP contribution in [0.2, 0.25) is 0 Å². The largest absolute Gasteiger partial charge is 0.465 e. The summed E-state index contributed by atoms with van der Waals surface area (Å²) in [6.07, 6.45) is 0. The molecule has 98 valence electrons. The van der Waals surface area contributed by atoms with Crippen molar-refractivity contribution >= 4 is 17.7 Å². The maximum Gasteiger partial charge on any atom is 0.340 e. The number of benzene rings is 1. The van der Waals surface area contributed by atoms with Crippen molar-refractivity contribution in [3.8, 4) is 0 Å². The van der Waals surface area contributed by atoms with Crippen molar-refractivity contribution in [3.63, 3.8) is 0 Å². The predicted molar refractivity (Wildman–Crippen MR) is 69.8 cm³/mol. The molecule has 5 nitrogen and oxygen atoms in total. The smallest absolute Gasteiger partial charge is 0.340 e.